The summed E-state index contributed by atoms with van der Waals surface area (Å²) >= 11 is 0. The summed E-state index contributed by atoms with van der Waals surface area (Å²) in [6, 6.07) is 0.651. The van der Waals surface area contributed by atoms with Gasteiger partial charge in [-0.25, -0.2) is 0 Å². The molecule has 1 aliphatic carbocycles. The van der Waals surface area contributed by atoms with E-state index in [9.17, 15) is 5.11 Å². The van der Waals surface area contributed by atoms with Gasteiger partial charge in [0.15, 0.2) is 0 Å². The first kappa shape index (κ1) is 13.9. The van der Waals surface area contributed by atoms with Crippen LogP contribution in [0.3, 0.4) is 0 Å². The molecule has 1 saturated carbocycles. The molecule has 2 N–H and O–H groups in total. The van der Waals surface area contributed by atoms with E-state index in [4.69, 9.17) is 0 Å². The molecule has 0 radical (unpaired) electrons. The van der Waals surface area contributed by atoms with Crippen molar-refractivity contribution >= 4 is 0 Å². The Balaban J connectivity index is 2.43. The van der Waals surface area contributed by atoms with Crippen molar-refractivity contribution in [2.45, 2.75) is 57.5 Å². The first-order chi connectivity index (χ1) is 7.67. The van der Waals surface area contributed by atoms with E-state index in [2.05, 4.69) is 31.1 Å². The lowest BCUT2D eigenvalue weighted by atomic mass is 9.98. The molecule has 0 spiro atoms. The lowest BCUT2D eigenvalue weighted by molar-refractivity contribution is 0.152. The SMILES string of the molecule is CCCCN(C)C1CCC(CO)(NCC)C1. The summed E-state index contributed by atoms with van der Waals surface area (Å²) in [5.74, 6) is 0. The van der Waals surface area contributed by atoms with E-state index in [0.29, 0.717) is 6.04 Å². The van der Waals surface area contributed by atoms with E-state index in [1.165, 1.54) is 25.8 Å². The molecular weight excluding hydrogens is 200 g/mol. The Hall–Kier alpha value is -0.120. The fourth-order valence-electron chi connectivity index (χ4n) is 2.80. The summed E-state index contributed by atoms with van der Waals surface area (Å²) in [6.07, 6.45) is 5.96. The summed E-state index contributed by atoms with van der Waals surface area (Å²) in [6.45, 7) is 6.77. The van der Waals surface area contributed by atoms with Crippen molar-refractivity contribution in [2.24, 2.45) is 0 Å². The van der Waals surface area contributed by atoms with Crippen molar-refractivity contribution in [3.8, 4) is 0 Å². The van der Waals surface area contributed by atoms with Crippen molar-refractivity contribution in [3.05, 3.63) is 0 Å². The molecule has 3 heteroatoms. The molecule has 0 aromatic rings. The minimum Gasteiger partial charge on any atom is -0.394 e. The number of aliphatic hydroxyl groups is 1. The van der Waals surface area contributed by atoms with Crippen molar-refractivity contribution in [1.29, 1.82) is 0 Å². The number of hydrogen-bond donors (Lipinski definition) is 2. The van der Waals surface area contributed by atoms with Crippen LogP contribution in [-0.2, 0) is 0 Å². The van der Waals surface area contributed by atoms with Gasteiger partial charge in [-0.3, -0.25) is 0 Å². The van der Waals surface area contributed by atoms with Crippen molar-refractivity contribution in [1.82, 2.24) is 10.2 Å². The number of likely N-dealkylation sites (N-methyl/N-ethyl adjacent to an activating group) is 1. The first-order valence-electron chi connectivity index (χ1n) is 6.73. The second-order valence-electron chi connectivity index (χ2n) is 5.20. The summed E-state index contributed by atoms with van der Waals surface area (Å²) < 4.78 is 0. The quantitative estimate of drug-likeness (QED) is 0.695. The highest BCUT2D eigenvalue weighted by atomic mass is 16.3. The van der Waals surface area contributed by atoms with Crippen LogP contribution >= 0.6 is 0 Å². The Morgan fingerprint density at radius 3 is 2.75 bits per heavy atom. The molecule has 0 aromatic carbocycles. The minimum absolute atomic E-state index is 0.000108. The van der Waals surface area contributed by atoms with Crippen LogP contribution < -0.4 is 5.32 Å². The number of nitrogens with one attached hydrogen (secondary N) is 1. The molecule has 0 aromatic heterocycles. The van der Waals surface area contributed by atoms with Gasteiger partial charge in [-0.15, -0.1) is 0 Å². The van der Waals surface area contributed by atoms with E-state index in [-0.39, 0.29) is 12.1 Å². The van der Waals surface area contributed by atoms with Gasteiger partial charge in [0.1, 0.15) is 0 Å². The smallest absolute Gasteiger partial charge is 0.0613 e. The third-order valence-corrected chi connectivity index (χ3v) is 3.92. The summed E-state index contributed by atoms with van der Waals surface area (Å²) in [5, 5.41) is 13.0. The molecule has 96 valence electrons. The van der Waals surface area contributed by atoms with E-state index < -0.39 is 0 Å². The van der Waals surface area contributed by atoms with Crippen molar-refractivity contribution in [3.63, 3.8) is 0 Å². The number of aliphatic hydroxyl groups excluding tert-OH is 1. The van der Waals surface area contributed by atoms with Gasteiger partial charge in [-0.1, -0.05) is 20.3 Å². The number of rotatable bonds is 7. The van der Waals surface area contributed by atoms with Crippen LogP contribution in [0.1, 0.15) is 46.0 Å². The van der Waals surface area contributed by atoms with Crippen LogP contribution in [0.25, 0.3) is 0 Å². The molecule has 2 atom stereocenters. The number of unbranched alkanes of at least 4 members (excludes halogenated alkanes) is 1. The molecule has 1 aliphatic rings. The van der Waals surface area contributed by atoms with Gasteiger partial charge < -0.3 is 15.3 Å². The zero-order valence-electron chi connectivity index (χ0n) is 11.1. The van der Waals surface area contributed by atoms with Gasteiger partial charge in [0.05, 0.1) is 6.61 Å². The molecule has 0 bridgehead atoms. The molecular formula is C13H28N2O. The maximum Gasteiger partial charge on any atom is 0.0613 e. The van der Waals surface area contributed by atoms with E-state index in [1.54, 1.807) is 0 Å². The minimum atomic E-state index is -0.000108. The van der Waals surface area contributed by atoms with Crippen LogP contribution in [0, 0.1) is 0 Å². The maximum atomic E-state index is 9.54. The Morgan fingerprint density at radius 1 is 1.44 bits per heavy atom. The monoisotopic (exact) mass is 228 g/mol. The second-order valence-corrected chi connectivity index (χ2v) is 5.20. The van der Waals surface area contributed by atoms with E-state index in [1.807, 2.05) is 0 Å². The molecule has 1 fully saturated rings. The largest absolute Gasteiger partial charge is 0.394 e. The topological polar surface area (TPSA) is 35.5 Å². The standard InChI is InChI=1S/C13H28N2O/c1-4-6-9-15(3)12-7-8-13(10-12,11-16)14-5-2/h12,14,16H,4-11H2,1-3H3. The molecule has 0 saturated heterocycles. The highest BCUT2D eigenvalue weighted by molar-refractivity contribution is 4.98. The molecule has 2 unspecified atom stereocenters. The van der Waals surface area contributed by atoms with E-state index in [0.717, 1.165) is 19.4 Å². The van der Waals surface area contributed by atoms with E-state index >= 15 is 0 Å². The fourth-order valence-corrected chi connectivity index (χ4v) is 2.80. The Kier molecular flexibility index (Phi) is 5.73. The normalized spacial score (nSPS) is 30.2. The molecule has 16 heavy (non-hydrogen) atoms. The number of nitrogens with zero attached hydrogens (tertiary/aromatic N) is 1. The lowest BCUT2D eigenvalue weighted by Crippen LogP contribution is -2.47. The molecule has 0 amide bonds. The van der Waals surface area contributed by atoms with Crippen LogP contribution in [0.15, 0.2) is 0 Å². The summed E-state index contributed by atoms with van der Waals surface area (Å²) in [5.41, 5.74) is -0.000108. The van der Waals surface area contributed by atoms with Gasteiger partial charge >= 0.3 is 0 Å². The predicted molar refractivity (Wildman–Crippen MR) is 68.7 cm³/mol. The Labute approximate surface area is 100 Å². The molecule has 1 rings (SSSR count). The lowest BCUT2D eigenvalue weighted by Gasteiger charge is -2.30. The third kappa shape index (κ3) is 3.44. The third-order valence-electron chi connectivity index (χ3n) is 3.92. The highest BCUT2D eigenvalue weighted by Gasteiger charge is 2.39. The van der Waals surface area contributed by atoms with Gasteiger partial charge in [-0.2, -0.15) is 0 Å². The summed E-state index contributed by atoms with van der Waals surface area (Å²) in [4.78, 5) is 2.47. The van der Waals surface area contributed by atoms with Gasteiger partial charge in [0.2, 0.25) is 0 Å². The molecule has 0 heterocycles. The number of hydrogen-bond acceptors (Lipinski definition) is 3. The van der Waals surface area contributed by atoms with Crippen LogP contribution in [-0.4, -0.2) is 48.3 Å². The molecule has 3 nitrogen and oxygen atoms in total. The van der Waals surface area contributed by atoms with Crippen LogP contribution in [0.2, 0.25) is 0 Å². The Morgan fingerprint density at radius 2 is 2.19 bits per heavy atom. The van der Waals surface area contributed by atoms with Crippen LogP contribution in [0.4, 0.5) is 0 Å². The van der Waals surface area contributed by atoms with Crippen molar-refractivity contribution < 1.29 is 5.11 Å². The fraction of sp³-hybridized carbons (Fsp3) is 1.00. The highest BCUT2D eigenvalue weighted by Crippen LogP contribution is 2.32. The average molecular weight is 228 g/mol. The average Bonchev–Trinajstić information content (AvgIpc) is 2.71. The zero-order chi connectivity index (χ0) is 12.0. The van der Waals surface area contributed by atoms with Gasteiger partial charge in [-0.05, 0) is 45.8 Å². The van der Waals surface area contributed by atoms with Crippen LogP contribution in [0.5, 0.6) is 0 Å². The Bertz CT molecular complexity index is 198. The second kappa shape index (κ2) is 6.58. The first-order valence-corrected chi connectivity index (χ1v) is 6.73. The maximum absolute atomic E-state index is 9.54. The predicted octanol–water partition coefficient (Wildman–Crippen LogP) is 1.61. The van der Waals surface area contributed by atoms with Gasteiger partial charge in [0, 0.05) is 11.6 Å². The summed E-state index contributed by atoms with van der Waals surface area (Å²) in [7, 11) is 2.22. The van der Waals surface area contributed by atoms with Gasteiger partial charge in [0.25, 0.3) is 0 Å². The van der Waals surface area contributed by atoms with Crippen molar-refractivity contribution in [2.75, 3.05) is 26.7 Å². The zero-order valence-corrected chi connectivity index (χ0v) is 11.1. The molecule has 0 aliphatic heterocycles.